The molecule has 1 aliphatic heterocycles. The first kappa shape index (κ1) is 24.2. The van der Waals surface area contributed by atoms with Crippen molar-refractivity contribution >= 4 is 0 Å². The molecule has 0 N–H and O–H groups in total. The first-order valence-electron chi connectivity index (χ1n) is 10.9. The number of hydrogen-bond donors (Lipinski definition) is 0. The molecular formula is C26H23F5O3. The van der Waals surface area contributed by atoms with Crippen LogP contribution in [0.1, 0.15) is 31.6 Å². The third-order valence-corrected chi connectivity index (χ3v) is 5.72. The number of alkyl halides is 1. The Balaban J connectivity index is 1.55. The Morgan fingerprint density at radius 2 is 1.38 bits per heavy atom. The number of halogens is 5. The monoisotopic (exact) mass is 478 g/mol. The molecule has 1 saturated heterocycles. The largest absolute Gasteiger partial charge is 0.457 e. The molecule has 1 aliphatic rings. The van der Waals surface area contributed by atoms with Gasteiger partial charge < -0.3 is 14.2 Å². The summed E-state index contributed by atoms with van der Waals surface area (Å²) in [5, 5.41) is 0. The number of hydrogen-bond acceptors (Lipinski definition) is 3. The fourth-order valence-electron chi connectivity index (χ4n) is 4.05. The number of ether oxygens (including phenoxy) is 3. The smallest absolute Gasteiger partial charge is 0.228 e. The molecule has 8 heteroatoms. The molecule has 0 radical (unpaired) electrons. The van der Waals surface area contributed by atoms with Crippen molar-refractivity contribution in [3.63, 3.8) is 0 Å². The van der Waals surface area contributed by atoms with Crippen LogP contribution in [0.3, 0.4) is 0 Å². The van der Waals surface area contributed by atoms with Crippen molar-refractivity contribution in [2.45, 2.75) is 26.1 Å². The van der Waals surface area contributed by atoms with Crippen molar-refractivity contribution in [1.82, 2.24) is 0 Å². The summed E-state index contributed by atoms with van der Waals surface area (Å²) < 4.78 is 85.8. The van der Waals surface area contributed by atoms with E-state index in [0.717, 1.165) is 31.0 Å². The lowest BCUT2D eigenvalue weighted by atomic mass is 9.98. The van der Waals surface area contributed by atoms with Crippen LogP contribution in [-0.4, -0.2) is 20.1 Å². The molecule has 0 aromatic heterocycles. The van der Waals surface area contributed by atoms with Gasteiger partial charge in [-0.15, -0.1) is 0 Å². The zero-order valence-corrected chi connectivity index (χ0v) is 18.4. The lowest BCUT2D eigenvalue weighted by Gasteiger charge is -2.29. The summed E-state index contributed by atoms with van der Waals surface area (Å²) in [6, 6.07) is 9.96. The summed E-state index contributed by atoms with van der Waals surface area (Å²) in [6.45, 7) is 1.76. The predicted octanol–water partition coefficient (Wildman–Crippen LogP) is 7.34. The molecule has 0 bridgehead atoms. The van der Waals surface area contributed by atoms with Crippen LogP contribution in [-0.2, 0) is 9.47 Å². The predicted molar refractivity (Wildman–Crippen MR) is 117 cm³/mol. The van der Waals surface area contributed by atoms with E-state index in [-0.39, 0.29) is 22.3 Å². The van der Waals surface area contributed by atoms with E-state index >= 15 is 0 Å². The van der Waals surface area contributed by atoms with Crippen molar-refractivity contribution in [2.75, 3.05) is 20.1 Å². The fourth-order valence-corrected chi connectivity index (χ4v) is 4.05. The molecule has 1 fully saturated rings. The molecule has 3 aromatic carbocycles. The summed E-state index contributed by atoms with van der Waals surface area (Å²) in [4.78, 5) is 0. The maximum absolute atomic E-state index is 14.9. The molecule has 3 aromatic rings. The molecule has 180 valence electrons. The van der Waals surface area contributed by atoms with E-state index in [0.29, 0.717) is 24.7 Å². The minimum absolute atomic E-state index is 0.101. The Hall–Kier alpha value is -2.97. The van der Waals surface area contributed by atoms with Gasteiger partial charge in [-0.05, 0) is 41.8 Å². The quantitative estimate of drug-likeness (QED) is 0.333. The summed E-state index contributed by atoms with van der Waals surface area (Å²) >= 11 is 0. The Morgan fingerprint density at radius 1 is 0.794 bits per heavy atom. The second-order valence-electron chi connectivity index (χ2n) is 8.11. The minimum atomic E-state index is -1.40. The van der Waals surface area contributed by atoms with E-state index < -0.39 is 42.2 Å². The highest BCUT2D eigenvalue weighted by atomic mass is 19.2. The van der Waals surface area contributed by atoms with Crippen LogP contribution < -0.4 is 4.74 Å². The van der Waals surface area contributed by atoms with Crippen LogP contribution in [0, 0.1) is 29.2 Å². The van der Waals surface area contributed by atoms with Crippen molar-refractivity contribution < 1.29 is 36.2 Å². The molecule has 0 unspecified atom stereocenters. The van der Waals surface area contributed by atoms with Crippen molar-refractivity contribution in [1.29, 1.82) is 0 Å². The van der Waals surface area contributed by atoms with E-state index in [1.807, 2.05) is 0 Å². The highest BCUT2D eigenvalue weighted by Gasteiger charge is 2.24. The van der Waals surface area contributed by atoms with Gasteiger partial charge in [-0.1, -0.05) is 37.6 Å². The maximum atomic E-state index is 14.9. The van der Waals surface area contributed by atoms with Crippen LogP contribution in [0.15, 0.2) is 48.5 Å². The molecule has 0 aliphatic carbocycles. The van der Waals surface area contributed by atoms with E-state index in [9.17, 15) is 22.0 Å². The molecular weight excluding hydrogens is 455 g/mol. The number of rotatable bonds is 7. The first-order chi connectivity index (χ1) is 16.4. The van der Waals surface area contributed by atoms with Gasteiger partial charge in [-0.3, -0.25) is 0 Å². The van der Waals surface area contributed by atoms with Crippen LogP contribution in [0.4, 0.5) is 22.0 Å². The van der Waals surface area contributed by atoms with Gasteiger partial charge >= 0.3 is 0 Å². The lowest BCUT2D eigenvalue weighted by molar-refractivity contribution is -0.206. The van der Waals surface area contributed by atoms with E-state index in [4.69, 9.17) is 9.47 Å². The summed E-state index contributed by atoms with van der Waals surface area (Å²) in [7, 11) is 0. The number of benzene rings is 3. The molecule has 1 heterocycles. The third kappa shape index (κ3) is 5.08. The van der Waals surface area contributed by atoms with Gasteiger partial charge in [-0.25, -0.2) is 22.0 Å². The topological polar surface area (TPSA) is 27.7 Å². The summed E-state index contributed by atoms with van der Waals surface area (Å²) in [6.07, 6.45) is 1.37. The minimum Gasteiger partial charge on any atom is -0.457 e. The third-order valence-electron chi connectivity index (χ3n) is 5.72. The first-order valence-corrected chi connectivity index (χ1v) is 10.9. The zero-order chi connectivity index (χ0) is 24.2. The molecule has 3 nitrogen and oxygen atoms in total. The highest BCUT2D eigenvalue weighted by molar-refractivity contribution is 5.72. The Kier molecular flexibility index (Phi) is 7.48. The molecule has 0 atom stereocenters. The zero-order valence-electron chi connectivity index (χ0n) is 18.4. The second kappa shape index (κ2) is 10.5. The fraction of sp³-hybridized carbons (Fsp3) is 0.308. The molecule has 0 saturated carbocycles. The highest BCUT2D eigenvalue weighted by Crippen LogP contribution is 2.34. The van der Waals surface area contributed by atoms with Gasteiger partial charge in [0.2, 0.25) is 6.86 Å². The standard InChI is InChI=1S/C26H23F5O3/c1-2-3-15-12-32-26(33-13-15)17-5-7-19(22(29)9-17)16-4-6-20(21(28)8-16)18-10-23(30)25(34-14-27)24(31)11-18/h4-11,15,26H,2-3,12-14H2,1H3. The van der Waals surface area contributed by atoms with Gasteiger partial charge in [0.05, 0.1) is 13.2 Å². The van der Waals surface area contributed by atoms with E-state index in [2.05, 4.69) is 11.7 Å². The van der Waals surface area contributed by atoms with Crippen molar-refractivity contribution in [3.05, 3.63) is 77.4 Å². The molecule has 4 rings (SSSR count). The van der Waals surface area contributed by atoms with Crippen LogP contribution >= 0.6 is 0 Å². The Morgan fingerprint density at radius 3 is 1.97 bits per heavy atom. The Labute approximate surface area is 194 Å². The average Bonchev–Trinajstić information content (AvgIpc) is 2.82. The van der Waals surface area contributed by atoms with Gasteiger partial charge in [-0.2, -0.15) is 0 Å². The molecule has 0 amide bonds. The molecule has 34 heavy (non-hydrogen) atoms. The van der Waals surface area contributed by atoms with Gasteiger partial charge in [0.1, 0.15) is 11.6 Å². The Bertz CT molecular complexity index is 1140. The van der Waals surface area contributed by atoms with Gasteiger partial charge in [0, 0.05) is 22.6 Å². The van der Waals surface area contributed by atoms with Crippen LogP contribution in [0.25, 0.3) is 22.3 Å². The SMILES string of the molecule is CCCC1COC(c2ccc(-c3ccc(-c4cc(F)c(OCF)c(F)c4)c(F)c3)c(F)c2)OC1. The molecule has 0 spiro atoms. The maximum Gasteiger partial charge on any atom is 0.228 e. The normalized spacial score (nSPS) is 18.2. The van der Waals surface area contributed by atoms with Crippen LogP contribution in [0.2, 0.25) is 0 Å². The van der Waals surface area contributed by atoms with Gasteiger partial charge in [0.25, 0.3) is 0 Å². The second-order valence-corrected chi connectivity index (χ2v) is 8.11. The van der Waals surface area contributed by atoms with E-state index in [1.165, 1.54) is 24.3 Å². The van der Waals surface area contributed by atoms with Crippen molar-refractivity contribution in [3.8, 4) is 28.0 Å². The lowest BCUT2D eigenvalue weighted by Crippen LogP contribution is -2.27. The average molecular weight is 478 g/mol. The van der Waals surface area contributed by atoms with Crippen molar-refractivity contribution in [2.24, 2.45) is 5.92 Å². The van der Waals surface area contributed by atoms with Gasteiger partial charge in [0.15, 0.2) is 23.7 Å². The van der Waals surface area contributed by atoms with Crippen LogP contribution in [0.5, 0.6) is 5.75 Å². The summed E-state index contributed by atoms with van der Waals surface area (Å²) in [5.41, 5.74) is 0.718. The van der Waals surface area contributed by atoms with E-state index in [1.54, 1.807) is 6.07 Å². The summed E-state index contributed by atoms with van der Waals surface area (Å²) in [5.74, 6) is -4.27.